The van der Waals surface area contributed by atoms with E-state index in [-0.39, 0.29) is 18.2 Å². The van der Waals surface area contributed by atoms with Gasteiger partial charge in [-0.25, -0.2) is 5.43 Å². The average Bonchev–Trinajstić information content (AvgIpc) is 3.04. The van der Waals surface area contributed by atoms with Crippen LogP contribution in [0.15, 0.2) is 53.6 Å². The van der Waals surface area contributed by atoms with Crippen LogP contribution in [-0.4, -0.2) is 31.7 Å². The quantitative estimate of drug-likeness (QED) is 0.665. The molecule has 0 spiro atoms. The molecule has 1 atom stereocenters. The van der Waals surface area contributed by atoms with Crippen molar-refractivity contribution in [1.29, 1.82) is 0 Å². The first-order chi connectivity index (χ1) is 12.6. The van der Waals surface area contributed by atoms with Crippen molar-refractivity contribution in [3.63, 3.8) is 0 Å². The molecule has 134 valence electrons. The Morgan fingerprint density at radius 2 is 2.04 bits per heavy atom. The van der Waals surface area contributed by atoms with E-state index in [4.69, 9.17) is 4.74 Å². The van der Waals surface area contributed by atoms with Gasteiger partial charge < -0.3 is 9.64 Å². The SMILES string of the molecule is COc1cccc(/C=N\NC(=O)[C@H]2CC(=O)N(c3ccc(C)cc3)C2)c1. The Hall–Kier alpha value is -3.15. The third kappa shape index (κ3) is 4.08. The molecular formula is C20H21N3O3. The monoisotopic (exact) mass is 351 g/mol. The summed E-state index contributed by atoms with van der Waals surface area (Å²) in [4.78, 5) is 26.2. The van der Waals surface area contributed by atoms with Crippen LogP contribution in [0, 0.1) is 12.8 Å². The van der Waals surface area contributed by atoms with E-state index in [2.05, 4.69) is 10.5 Å². The number of ether oxygens (including phenoxy) is 1. The number of hydrazone groups is 1. The normalized spacial score (nSPS) is 16.9. The van der Waals surface area contributed by atoms with Crippen molar-refractivity contribution < 1.29 is 14.3 Å². The molecule has 6 heteroatoms. The highest BCUT2D eigenvalue weighted by Crippen LogP contribution is 2.25. The smallest absolute Gasteiger partial charge is 0.245 e. The highest BCUT2D eigenvalue weighted by atomic mass is 16.5. The first-order valence-corrected chi connectivity index (χ1v) is 8.41. The second kappa shape index (κ2) is 7.82. The predicted molar refractivity (Wildman–Crippen MR) is 100 cm³/mol. The number of methoxy groups -OCH3 is 1. The van der Waals surface area contributed by atoms with Crippen molar-refractivity contribution >= 4 is 23.7 Å². The lowest BCUT2D eigenvalue weighted by atomic mass is 10.1. The van der Waals surface area contributed by atoms with Crippen molar-refractivity contribution in [2.75, 3.05) is 18.6 Å². The van der Waals surface area contributed by atoms with Gasteiger partial charge in [0.05, 0.1) is 19.2 Å². The van der Waals surface area contributed by atoms with E-state index < -0.39 is 5.92 Å². The fourth-order valence-corrected chi connectivity index (χ4v) is 2.84. The van der Waals surface area contributed by atoms with Crippen LogP contribution in [0.1, 0.15) is 17.5 Å². The lowest BCUT2D eigenvalue weighted by Gasteiger charge is -2.16. The van der Waals surface area contributed by atoms with Crippen LogP contribution < -0.4 is 15.1 Å². The topological polar surface area (TPSA) is 71.0 Å². The molecule has 1 saturated heterocycles. The van der Waals surface area contributed by atoms with Gasteiger partial charge in [-0.2, -0.15) is 5.10 Å². The number of amides is 2. The first kappa shape index (κ1) is 17.7. The van der Waals surface area contributed by atoms with E-state index in [1.54, 1.807) is 18.2 Å². The predicted octanol–water partition coefficient (Wildman–Crippen LogP) is 2.51. The maximum absolute atomic E-state index is 12.3. The number of nitrogens with zero attached hydrogens (tertiary/aromatic N) is 2. The molecule has 0 unspecified atom stereocenters. The molecule has 26 heavy (non-hydrogen) atoms. The van der Waals surface area contributed by atoms with Crippen LogP contribution in [0.2, 0.25) is 0 Å². The Morgan fingerprint density at radius 3 is 2.77 bits per heavy atom. The molecule has 2 aromatic carbocycles. The Labute approximate surface area is 152 Å². The van der Waals surface area contributed by atoms with Gasteiger partial charge in [-0.1, -0.05) is 29.8 Å². The van der Waals surface area contributed by atoms with Gasteiger partial charge in [0.15, 0.2) is 0 Å². The summed E-state index contributed by atoms with van der Waals surface area (Å²) in [5.74, 6) is -0.000413. The van der Waals surface area contributed by atoms with Crippen LogP contribution in [0.5, 0.6) is 5.75 Å². The highest BCUT2D eigenvalue weighted by Gasteiger charge is 2.35. The van der Waals surface area contributed by atoms with E-state index in [1.165, 1.54) is 0 Å². The van der Waals surface area contributed by atoms with Gasteiger partial charge >= 0.3 is 0 Å². The summed E-state index contributed by atoms with van der Waals surface area (Å²) in [7, 11) is 1.59. The molecular weight excluding hydrogens is 330 g/mol. The van der Waals surface area contributed by atoms with Gasteiger partial charge in [0.2, 0.25) is 11.8 Å². The fourth-order valence-electron chi connectivity index (χ4n) is 2.84. The Kier molecular flexibility index (Phi) is 5.31. The lowest BCUT2D eigenvalue weighted by molar-refractivity contribution is -0.126. The van der Waals surface area contributed by atoms with Crippen molar-refractivity contribution in [2.24, 2.45) is 11.0 Å². The maximum atomic E-state index is 12.3. The molecule has 1 fully saturated rings. The average molecular weight is 351 g/mol. The summed E-state index contributed by atoms with van der Waals surface area (Å²) in [5.41, 5.74) is 5.28. The zero-order valence-electron chi connectivity index (χ0n) is 14.8. The summed E-state index contributed by atoms with van der Waals surface area (Å²) in [6.45, 7) is 2.36. The summed E-state index contributed by atoms with van der Waals surface area (Å²) in [6.07, 6.45) is 1.74. The summed E-state index contributed by atoms with van der Waals surface area (Å²) < 4.78 is 5.14. The van der Waals surface area contributed by atoms with Gasteiger partial charge in [-0.15, -0.1) is 0 Å². The standard InChI is InChI=1S/C20H21N3O3/c1-14-6-8-17(9-7-14)23-13-16(11-19(23)24)20(25)22-21-12-15-4-3-5-18(10-15)26-2/h3-10,12,16H,11,13H2,1-2H3,(H,22,25)/b21-12-/t16-/m0/s1. The molecule has 1 heterocycles. The van der Waals surface area contributed by atoms with Crippen molar-refractivity contribution in [1.82, 2.24) is 5.43 Å². The number of hydrogen-bond donors (Lipinski definition) is 1. The highest BCUT2D eigenvalue weighted by molar-refractivity contribution is 6.00. The van der Waals surface area contributed by atoms with Gasteiger partial charge in [-0.05, 0) is 36.8 Å². The summed E-state index contributed by atoms with van der Waals surface area (Å²) in [5, 5.41) is 3.99. The van der Waals surface area contributed by atoms with Crippen LogP contribution >= 0.6 is 0 Å². The van der Waals surface area contributed by atoms with E-state index >= 15 is 0 Å². The molecule has 1 N–H and O–H groups in total. The van der Waals surface area contributed by atoms with Crippen molar-refractivity contribution in [3.05, 3.63) is 59.7 Å². The van der Waals surface area contributed by atoms with Crippen molar-refractivity contribution in [2.45, 2.75) is 13.3 Å². The number of anilines is 1. The molecule has 0 bridgehead atoms. The third-order valence-corrected chi connectivity index (χ3v) is 4.32. The minimum Gasteiger partial charge on any atom is -0.497 e. The number of carbonyl (C=O) groups is 2. The van der Waals surface area contributed by atoms with E-state index in [9.17, 15) is 9.59 Å². The molecule has 2 aromatic rings. The third-order valence-electron chi connectivity index (χ3n) is 4.32. The van der Waals surface area contributed by atoms with Crippen LogP contribution in [-0.2, 0) is 9.59 Å². The fraction of sp³-hybridized carbons (Fsp3) is 0.250. The molecule has 0 aliphatic carbocycles. The number of nitrogens with one attached hydrogen (secondary N) is 1. The van der Waals surface area contributed by atoms with E-state index in [1.807, 2.05) is 55.5 Å². The minimum atomic E-state index is -0.411. The number of carbonyl (C=O) groups excluding carboxylic acids is 2. The lowest BCUT2D eigenvalue weighted by Crippen LogP contribution is -2.30. The van der Waals surface area contributed by atoms with Gasteiger partial charge in [-0.3, -0.25) is 9.59 Å². The number of hydrogen-bond acceptors (Lipinski definition) is 4. The van der Waals surface area contributed by atoms with Crippen LogP contribution in [0.3, 0.4) is 0 Å². The molecule has 3 rings (SSSR count). The largest absolute Gasteiger partial charge is 0.497 e. The van der Waals surface area contributed by atoms with Crippen LogP contribution in [0.4, 0.5) is 5.69 Å². The second-order valence-corrected chi connectivity index (χ2v) is 6.25. The molecule has 0 saturated carbocycles. The molecule has 1 aliphatic heterocycles. The van der Waals surface area contributed by atoms with Gasteiger partial charge in [0.25, 0.3) is 0 Å². The second-order valence-electron chi connectivity index (χ2n) is 6.25. The molecule has 6 nitrogen and oxygen atoms in total. The number of aryl methyl sites for hydroxylation is 1. The minimum absolute atomic E-state index is 0.0502. The van der Waals surface area contributed by atoms with Gasteiger partial charge in [0, 0.05) is 18.7 Å². The molecule has 0 radical (unpaired) electrons. The van der Waals surface area contributed by atoms with Crippen LogP contribution in [0.25, 0.3) is 0 Å². The Balaban J connectivity index is 1.59. The zero-order valence-corrected chi connectivity index (χ0v) is 14.8. The number of benzene rings is 2. The van der Waals surface area contributed by atoms with E-state index in [0.29, 0.717) is 6.54 Å². The number of rotatable bonds is 5. The Bertz CT molecular complexity index is 830. The zero-order chi connectivity index (χ0) is 18.5. The van der Waals surface area contributed by atoms with E-state index in [0.717, 1.165) is 22.6 Å². The molecule has 1 aliphatic rings. The first-order valence-electron chi connectivity index (χ1n) is 8.41. The van der Waals surface area contributed by atoms with Gasteiger partial charge in [0.1, 0.15) is 5.75 Å². The summed E-state index contributed by atoms with van der Waals surface area (Å²) >= 11 is 0. The van der Waals surface area contributed by atoms with Crippen molar-refractivity contribution in [3.8, 4) is 5.75 Å². The maximum Gasteiger partial charge on any atom is 0.245 e. The summed E-state index contributed by atoms with van der Waals surface area (Å²) in [6, 6.07) is 15.0. The molecule has 0 aromatic heterocycles. The Morgan fingerprint density at radius 1 is 1.27 bits per heavy atom. The molecule has 2 amide bonds.